The van der Waals surface area contributed by atoms with Crippen LogP contribution in [0.4, 0.5) is 0 Å². The van der Waals surface area contributed by atoms with E-state index in [0.29, 0.717) is 12.3 Å². The van der Waals surface area contributed by atoms with Crippen LogP contribution in [0.3, 0.4) is 0 Å². The molecular weight excluding hydrogens is 519 g/mol. The van der Waals surface area contributed by atoms with Gasteiger partial charge in [0.15, 0.2) is 5.96 Å². The Balaban J connectivity index is 0.00000364. The van der Waals surface area contributed by atoms with Gasteiger partial charge in [-0.1, -0.05) is 48.3 Å². The summed E-state index contributed by atoms with van der Waals surface area (Å²) in [6.45, 7) is 6.63. The number of aliphatic imine (C=N–C) groups is 1. The van der Waals surface area contributed by atoms with E-state index < -0.39 is 0 Å². The fourth-order valence-corrected chi connectivity index (χ4v) is 3.76. The number of rotatable bonds is 7. The molecule has 2 atom stereocenters. The summed E-state index contributed by atoms with van der Waals surface area (Å²) in [5.41, 5.74) is 1.35. The molecule has 1 aliphatic rings. The number of amides is 1. The van der Waals surface area contributed by atoms with Gasteiger partial charge in [0.25, 0.3) is 0 Å². The zero-order valence-electron chi connectivity index (χ0n) is 16.5. The lowest BCUT2D eigenvalue weighted by Gasteiger charge is -2.21. The van der Waals surface area contributed by atoms with Crippen LogP contribution in [0.2, 0.25) is 0 Å². The van der Waals surface area contributed by atoms with Crippen molar-refractivity contribution < 1.29 is 4.79 Å². The smallest absolute Gasteiger partial charge is 0.222 e. The van der Waals surface area contributed by atoms with Crippen LogP contribution in [-0.2, 0) is 11.2 Å². The van der Waals surface area contributed by atoms with E-state index in [1.165, 1.54) is 5.56 Å². The summed E-state index contributed by atoms with van der Waals surface area (Å²) in [4.78, 5) is 18.1. The minimum Gasteiger partial charge on any atom is -0.356 e. The maximum Gasteiger partial charge on any atom is 0.222 e. The van der Waals surface area contributed by atoms with Crippen molar-refractivity contribution in [1.82, 2.24) is 15.5 Å². The molecule has 1 amide bonds. The summed E-state index contributed by atoms with van der Waals surface area (Å²) in [5.74, 6) is 1.61. The molecule has 0 radical (unpaired) electrons. The number of carbonyl (C=O) groups excluding carboxylic acids is 1. The third-order valence-corrected chi connectivity index (χ3v) is 5.45. The fraction of sp³-hybridized carbons (Fsp3) is 0.600. The third-order valence-electron chi connectivity index (χ3n) is 4.96. The summed E-state index contributed by atoms with van der Waals surface area (Å²) < 4.78 is 1.13. The van der Waals surface area contributed by atoms with E-state index in [1.54, 1.807) is 7.05 Å². The SMILES string of the molecule is CCC(=O)N1CCC(NC(=NC)NCC(CC)Cc2cccc(Br)c2)C1.I. The summed E-state index contributed by atoms with van der Waals surface area (Å²) in [6, 6.07) is 8.79. The van der Waals surface area contributed by atoms with Crippen LogP contribution in [0.15, 0.2) is 33.7 Å². The monoisotopic (exact) mass is 550 g/mol. The number of nitrogens with zero attached hydrogens (tertiary/aromatic N) is 2. The topological polar surface area (TPSA) is 56.7 Å². The maximum absolute atomic E-state index is 11.8. The summed E-state index contributed by atoms with van der Waals surface area (Å²) in [7, 11) is 1.80. The zero-order valence-corrected chi connectivity index (χ0v) is 20.4. The molecule has 27 heavy (non-hydrogen) atoms. The van der Waals surface area contributed by atoms with Gasteiger partial charge in [-0.2, -0.15) is 0 Å². The number of guanidine groups is 1. The van der Waals surface area contributed by atoms with E-state index in [0.717, 1.165) is 49.3 Å². The second-order valence-electron chi connectivity index (χ2n) is 6.88. The van der Waals surface area contributed by atoms with Crippen molar-refractivity contribution in [3.8, 4) is 0 Å². The Labute approximate surface area is 188 Å². The van der Waals surface area contributed by atoms with Gasteiger partial charge in [-0.05, 0) is 36.5 Å². The third kappa shape index (κ3) is 7.97. The molecule has 1 fully saturated rings. The van der Waals surface area contributed by atoms with Gasteiger partial charge in [0.05, 0.1) is 0 Å². The zero-order chi connectivity index (χ0) is 18.9. The van der Waals surface area contributed by atoms with E-state index in [1.807, 2.05) is 11.8 Å². The molecule has 1 aliphatic heterocycles. The highest BCUT2D eigenvalue weighted by Crippen LogP contribution is 2.16. The molecule has 2 unspecified atom stereocenters. The molecule has 5 nitrogen and oxygen atoms in total. The Morgan fingerprint density at radius 3 is 2.81 bits per heavy atom. The van der Waals surface area contributed by atoms with Crippen molar-refractivity contribution in [1.29, 1.82) is 0 Å². The van der Waals surface area contributed by atoms with Gasteiger partial charge in [-0.15, -0.1) is 24.0 Å². The highest BCUT2D eigenvalue weighted by molar-refractivity contribution is 14.0. The largest absolute Gasteiger partial charge is 0.356 e. The maximum atomic E-state index is 11.8. The van der Waals surface area contributed by atoms with Gasteiger partial charge >= 0.3 is 0 Å². The van der Waals surface area contributed by atoms with Crippen molar-refractivity contribution in [2.75, 3.05) is 26.7 Å². The quantitative estimate of drug-likeness (QED) is 0.308. The van der Waals surface area contributed by atoms with Crippen LogP contribution in [0.25, 0.3) is 0 Å². The van der Waals surface area contributed by atoms with E-state index in [2.05, 4.69) is 62.7 Å². The first-order chi connectivity index (χ1) is 12.5. The second kappa shape index (κ2) is 12.6. The molecule has 2 rings (SSSR count). The van der Waals surface area contributed by atoms with Crippen molar-refractivity contribution >= 4 is 51.8 Å². The Bertz CT molecular complexity index is 626. The van der Waals surface area contributed by atoms with E-state index >= 15 is 0 Å². The highest BCUT2D eigenvalue weighted by atomic mass is 127. The van der Waals surface area contributed by atoms with Crippen molar-refractivity contribution in [3.05, 3.63) is 34.3 Å². The lowest BCUT2D eigenvalue weighted by atomic mass is 9.97. The normalized spacial score (nSPS) is 18.0. The van der Waals surface area contributed by atoms with Gasteiger partial charge < -0.3 is 15.5 Å². The lowest BCUT2D eigenvalue weighted by Crippen LogP contribution is -2.46. The molecule has 0 bridgehead atoms. The van der Waals surface area contributed by atoms with E-state index in [-0.39, 0.29) is 35.9 Å². The number of nitrogens with one attached hydrogen (secondary N) is 2. The van der Waals surface area contributed by atoms with Crippen LogP contribution in [0.5, 0.6) is 0 Å². The average Bonchev–Trinajstić information content (AvgIpc) is 3.11. The Hall–Kier alpha value is -0.830. The molecule has 1 heterocycles. The Morgan fingerprint density at radius 1 is 1.41 bits per heavy atom. The first-order valence-corrected chi connectivity index (χ1v) is 10.3. The fourth-order valence-electron chi connectivity index (χ4n) is 3.32. The molecule has 152 valence electrons. The molecule has 7 heteroatoms. The first kappa shape index (κ1) is 24.2. The molecule has 1 aromatic rings. The molecule has 1 aromatic carbocycles. The molecule has 0 aliphatic carbocycles. The highest BCUT2D eigenvalue weighted by Gasteiger charge is 2.25. The molecule has 0 saturated carbocycles. The predicted molar refractivity (Wildman–Crippen MR) is 127 cm³/mol. The van der Waals surface area contributed by atoms with Gasteiger partial charge in [-0.25, -0.2) is 0 Å². The van der Waals surface area contributed by atoms with Crippen LogP contribution in [0.1, 0.15) is 38.7 Å². The second-order valence-corrected chi connectivity index (χ2v) is 7.80. The number of carbonyl (C=O) groups is 1. The van der Waals surface area contributed by atoms with Crippen LogP contribution < -0.4 is 10.6 Å². The van der Waals surface area contributed by atoms with Crippen LogP contribution >= 0.6 is 39.9 Å². The average molecular weight is 551 g/mol. The number of halogens is 2. The Morgan fingerprint density at radius 2 is 2.19 bits per heavy atom. The lowest BCUT2D eigenvalue weighted by molar-refractivity contribution is -0.129. The Kier molecular flexibility index (Phi) is 11.3. The number of hydrogen-bond acceptors (Lipinski definition) is 2. The molecule has 1 saturated heterocycles. The van der Waals surface area contributed by atoms with Gasteiger partial charge in [0.1, 0.15) is 0 Å². The standard InChI is InChI=1S/C20H31BrN4O.HI/c1-4-15(11-16-7-6-8-17(21)12-16)13-23-20(22-3)24-18-9-10-25(14-18)19(26)5-2;/h6-8,12,15,18H,4-5,9-11,13-14H2,1-3H3,(H2,22,23,24);1H. The molecule has 0 aromatic heterocycles. The van der Waals surface area contributed by atoms with E-state index in [4.69, 9.17) is 0 Å². The van der Waals surface area contributed by atoms with Gasteiger partial charge in [0, 0.05) is 43.6 Å². The van der Waals surface area contributed by atoms with E-state index in [9.17, 15) is 4.79 Å². The summed E-state index contributed by atoms with van der Waals surface area (Å²) >= 11 is 3.54. The van der Waals surface area contributed by atoms with Crippen molar-refractivity contribution in [2.45, 2.75) is 45.6 Å². The summed E-state index contributed by atoms with van der Waals surface area (Å²) in [6.07, 6.45) is 3.70. The molecule has 2 N–H and O–H groups in total. The summed E-state index contributed by atoms with van der Waals surface area (Å²) in [5, 5.41) is 6.93. The van der Waals surface area contributed by atoms with Crippen LogP contribution in [-0.4, -0.2) is 49.5 Å². The van der Waals surface area contributed by atoms with Gasteiger partial charge in [-0.3, -0.25) is 9.79 Å². The van der Waals surface area contributed by atoms with Gasteiger partial charge in [0.2, 0.25) is 5.91 Å². The number of likely N-dealkylation sites (tertiary alicyclic amines) is 1. The molecule has 0 spiro atoms. The molecular formula is C20H32BrIN4O. The number of hydrogen-bond donors (Lipinski definition) is 2. The van der Waals surface area contributed by atoms with Crippen molar-refractivity contribution in [2.24, 2.45) is 10.9 Å². The van der Waals surface area contributed by atoms with Crippen LogP contribution in [0, 0.1) is 5.92 Å². The number of benzene rings is 1. The van der Waals surface area contributed by atoms with Crippen molar-refractivity contribution in [3.63, 3.8) is 0 Å². The minimum atomic E-state index is 0. The predicted octanol–water partition coefficient (Wildman–Crippen LogP) is 3.81. The first-order valence-electron chi connectivity index (χ1n) is 9.55. The minimum absolute atomic E-state index is 0.